The molecule has 0 bridgehead atoms. The van der Waals surface area contributed by atoms with Crippen LogP contribution in [0.4, 0.5) is 17.1 Å². The van der Waals surface area contributed by atoms with E-state index in [1.165, 1.54) is 88.3 Å². The van der Waals surface area contributed by atoms with E-state index in [0.29, 0.717) is 0 Å². The Morgan fingerprint density at radius 2 is 0.717 bits per heavy atom. The second-order valence-corrected chi connectivity index (χ2v) is 16.5. The molecule has 1 aliphatic rings. The fraction of sp³-hybridized carbons (Fsp3) is 0.0508. The highest BCUT2D eigenvalue weighted by Gasteiger charge is 2.35. The van der Waals surface area contributed by atoms with Crippen molar-refractivity contribution in [2.45, 2.75) is 19.3 Å². The van der Waals surface area contributed by atoms with Gasteiger partial charge in [-0.2, -0.15) is 0 Å². The first-order chi connectivity index (χ1) is 29.5. The topological polar surface area (TPSA) is 3.24 Å². The van der Waals surface area contributed by atoms with Gasteiger partial charge in [-0.15, -0.1) is 0 Å². The van der Waals surface area contributed by atoms with Gasteiger partial charge < -0.3 is 4.90 Å². The third kappa shape index (κ3) is 5.93. The maximum atomic E-state index is 2.41. The summed E-state index contributed by atoms with van der Waals surface area (Å²) in [5.41, 5.74) is 18.5. The van der Waals surface area contributed by atoms with Crippen LogP contribution in [-0.2, 0) is 5.41 Å². The van der Waals surface area contributed by atoms with Crippen LogP contribution >= 0.6 is 0 Å². The average molecular weight is 766 g/mol. The average Bonchev–Trinajstić information content (AvgIpc) is 3.55. The van der Waals surface area contributed by atoms with E-state index >= 15 is 0 Å². The van der Waals surface area contributed by atoms with Crippen LogP contribution < -0.4 is 4.90 Å². The van der Waals surface area contributed by atoms with Crippen LogP contribution in [0.2, 0.25) is 0 Å². The summed E-state index contributed by atoms with van der Waals surface area (Å²) in [5, 5.41) is 5.03. The third-order valence-electron chi connectivity index (χ3n) is 12.7. The Morgan fingerprint density at radius 3 is 1.33 bits per heavy atom. The summed E-state index contributed by atoms with van der Waals surface area (Å²) < 4.78 is 0. The molecule has 0 saturated heterocycles. The van der Waals surface area contributed by atoms with Gasteiger partial charge in [0.05, 0.1) is 0 Å². The van der Waals surface area contributed by atoms with Crippen molar-refractivity contribution in [3.05, 3.63) is 236 Å². The quantitative estimate of drug-likeness (QED) is 0.146. The van der Waals surface area contributed by atoms with Crippen molar-refractivity contribution in [2.75, 3.05) is 4.90 Å². The predicted molar refractivity (Wildman–Crippen MR) is 255 cm³/mol. The van der Waals surface area contributed by atoms with Crippen molar-refractivity contribution in [3.8, 4) is 55.6 Å². The van der Waals surface area contributed by atoms with Gasteiger partial charge in [-0.1, -0.05) is 196 Å². The van der Waals surface area contributed by atoms with Crippen molar-refractivity contribution in [2.24, 2.45) is 0 Å². The van der Waals surface area contributed by atoms with Gasteiger partial charge in [-0.3, -0.25) is 0 Å². The standard InChI is InChI=1S/C59H43N/c1-59(2)55-25-15-14-23-50(55)51-37-35-48(39-56(51)59)60(46-31-26-41(27-32-46)40-16-6-3-7-17-40)47-33-28-42(29-34-47)45-30-36-53-54(38-45)49-22-12-13-24-52(49)57(43-18-8-4-9-19-43)58(53)44-20-10-5-11-21-44/h3-39H,1-2H3. The first kappa shape index (κ1) is 35.7. The third-order valence-corrected chi connectivity index (χ3v) is 12.7. The smallest absolute Gasteiger partial charge is 0.0465 e. The Labute approximate surface area is 352 Å². The van der Waals surface area contributed by atoms with Crippen LogP contribution in [0.3, 0.4) is 0 Å². The predicted octanol–water partition coefficient (Wildman–Crippen LogP) is 16.4. The molecule has 1 heteroatoms. The highest BCUT2D eigenvalue weighted by Crippen LogP contribution is 2.51. The van der Waals surface area contributed by atoms with Gasteiger partial charge in [-0.05, 0) is 131 Å². The van der Waals surface area contributed by atoms with Crippen LogP contribution in [-0.4, -0.2) is 0 Å². The van der Waals surface area contributed by atoms with E-state index in [1.54, 1.807) is 0 Å². The minimum atomic E-state index is -0.100. The molecular weight excluding hydrogens is 723 g/mol. The van der Waals surface area contributed by atoms with E-state index < -0.39 is 0 Å². The number of nitrogens with zero attached hydrogens (tertiary/aromatic N) is 1. The molecule has 0 unspecified atom stereocenters. The van der Waals surface area contributed by atoms with Crippen LogP contribution in [0.5, 0.6) is 0 Å². The van der Waals surface area contributed by atoms with Gasteiger partial charge in [-0.25, -0.2) is 0 Å². The Kier molecular flexibility index (Phi) is 8.57. The van der Waals surface area contributed by atoms with E-state index in [1.807, 2.05) is 0 Å². The summed E-state index contributed by atoms with van der Waals surface area (Å²) in [5.74, 6) is 0. The van der Waals surface area contributed by atoms with Crippen LogP contribution in [0.25, 0.3) is 77.2 Å². The molecule has 0 atom stereocenters. The molecule has 0 fully saturated rings. The fourth-order valence-corrected chi connectivity index (χ4v) is 9.69. The largest absolute Gasteiger partial charge is 0.310 e. The molecule has 10 aromatic carbocycles. The summed E-state index contributed by atoms with van der Waals surface area (Å²) in [4.78, 5) is 2.41. The molecule has 0 aliphatic heterocycles. The van der Waals surface area contributed by atoms with Crippen LogP contribution in [0, 0.1) is 0 Å². The first-order valence-corrected chi connectivity index (χ1v) is 20.9. The lowest BCUT2D eigenvalue weighted by atomic mass is 9.82. The molecule has 1 aliphatic carbocycles. The van der Waals surface area contributed by atoms with Gasteiger partial charge >= 0.3 is 0 Å². The van der Waals surface area contributed by atoms with E-state index in [2.05, 4.69) is 243 Å². The lowest BCUT2D eigenvalue weighted by molar-refractivity contribution is 0.660. The summed E-state index contributed by atoms with van der Waals surface area (Å²) in [7, 11) is 0. The number of benzene rings is 10. The van der Waals surface area contributed by atoms with E-state index in [9.17, 15) is 0 Å². The zero-order valence-electron chi connectivity index (χ0n) is 33.8. The van der Waals surface area contributed by atoms with Crippen molar-refractivity contribution in [1.29, 1.82) is 0 Å². The monoisotopic (exact) mass is 765 g/mol. The molecule has 0 spiro atoms. The number of rotatable bonds is 7. The molecule has 0 saturated carbocycles. The van der Waals surface area contributed by atoms with Crippen LogP contribution in [0.15, 0.2) is 224 Å². The molecule has 0 heterocycles. The number of anilines is 3. The first-order valence-electron chi connectivity index (χ1n) is 20.9. The lowest BCUT2D eigenvalue weighted by Gasteiger charge is -2.28. The molecule has 1 nitrogen and oxygen atoms in total. The lowest BCUT2D eigenvalue weighted by Crippen LogP contribution is -2.16. The highest BCUT2D eigenvalue weighted by atomic mass is 15.1. The van der Waals surface area contributed by atoms with Crippen molar-refractivity contribution < 1.29 is 0 Å². The maximum absolute atomic E-state index is 2.41. The second kappa shape index (κ2) is 14.4. The van der Waals surface area contributed by atoms with Gasteiger partial charge in [0.1, 0.15) is 0 Å². The molecule has 11 rings (SSSR count). The Bertz CT molecular complexity index is 3180. The SMILES string of the molecule is CC1(C)c2ccccc2-c2ccc(N(c3ccc(-c4ccccc4)cc3)c3ccc(-c4ccc5c(-c6ccccc6)c(-c6ccccc6)c6ccccc6c5c4)cc3)cc21. The summed E-state index contributed by atoms with van der Waals surface area (Å²) >= 11 is 0. The molecular formula is C59H43N. The molecule has 0 amide bonds. The number of hydrogen-bond acceptors (Lipinski definition) is 1. The normalized spacial score (nSPS) is 12.6. The molecule has 284 valence electrons. The molecule has 60 heavy (non-hydrogen) atoms. The molecule has 0 N–H and O–H groups in total. The van der Waals surface area contributed by atoms with Gasteiger partial charge in [0.25, 0.3) is 0 Å². The zero-order valence-corrected chi connectivity index (χ0v) is 33.8. The Morgan fingerprint density at radius 1 is 0.283 bits per heavy atom. The van der Waals surface area contributed by atoms with E-state index in [4.69, 9.17) is 0 Å². The second-order valence-electron chi connectivity index (χ2n) is 16.5. The van der Waals surface area contributed by atoms with Gasteiger partial charge in [0.2, 0.25) is 0 Å². The Hall–Kier alpha value is -7.48. The molecule has 10 aromatic rings. The Balaban J connectivity index is 1.04. The van der Waals surface area contributed by atoms with Crippen molar-refractivity contribution >= 4 is 38.6 Å². The van der Waals surface area contributed by atoms with Gasteiger partial charge in [0.15, 0.2) is 0 Å². The fourth-order valence-electron chi connectivity index (χ4n) is 9.69. The van der Waals surface area contributed by atoms with E-state index in [0.717, 1.165) is 17.1 Å². The van der Waals surface area contributed by atoms with E-state index in [-0.39, 0.29) is 5.41 Å². The minimum Gasteiger partial charge on any atom is -0.310 e. The summed E-state index contributed by atoms with van der Waals surface area (Å²) in [6.07, 6.45) is 0. The van der Waals surface area contributed by atoms with Gasteiger partial charge in [0, 0.05) is 22.5 Å². The summed E-state index contributed by atoms with van der Waals surface area (Å²) in [6, 6.07) is 82.3. The van der Waals surface area contributed by atoms with Crippen LogP contribution in [0.1, 0.15) is 25.0 Å². The maximum Gasteiger partial charge on any atom is 0.0465 e. The summed E-state index contributed by atoms with van der Waals surface area (Å²) in [6.45, 7) is 4.71. The number of fused-ring (bicyclic) bond motifs is 6. The highest BCUT2D eigenvalue weighted by molar-refractivity contribution is 6.22. The molecule has 0 radical (unpaired) electrons. The van der Waals surface area contributed by atoms with Crippen molar-refractivity contribution in [1.82, 2.24) is 0 Å². The van der Waals surface area contributed by atoms with Crippen molar-refractivity contribution in [3.63, 3.8) is 0 Å². The molecule has 0 aromatic heterocycles. The minimum absolute atomic E-state index is 0.100. The zero-order chi connectivity index (χ0) is 40.2. The number of hydrogen-bond donors (Lipinski definition) is 0.